The molecule has 3 atom stereocenters. The van der Waals surface area contributed by atoms with Gasteiger partial charge in [-0.1, -0.05) is 24.8 Å². The van der Waals surface area contributed by atoms with Crippen LogP contribution in [0.15, 0.2) is 33.2 Å². The van der Waals surface area contributed by atoms with Crippen LogP contribution in [0.25, 0.3) is 0 Å². The number of nitrogens with zero attached hydrogens (tertiary/aromatic N) is 4. The van der Waals surface area contributed by atoms with Gasteiger partial charge in [0.15, 0.2) is 6.17 Å². The molecule has 0 saturated heterocycles. The summed E-state index contributed by atoms with van der Waals surface area (Å²) in [6.07, 6.45) is 4.91. The van der Waals surface area contributed by atoms with Crippen molar-refractivity contribution in [1.29, 1.82) is 0 Å². The van der Waals surface area contributed by atoms with Crippen molar-refractivity contribution in [2.45, 2.75) is 55.8 Å². The Balaban J connectivity index is 1.55. The molecule has 8 nitrogen and oxygen atoms in total. The lowest BCUT2D eigenvalue weighted by atomic mass is 9.85. The second kappa shape index (κ2) is 7.36. The molecule has 0 bridgehead atoms. The van der Waals surface area contributed by atoms with Crippen molar-refractivity contribution in [2.75, 3.05) is 25.2 Å². The van der Waals surface area contributed by atoms with E-state index in [-0.39, 0.29) is 23.6 Å². The molecule has 4 N–H and O–H groups in total. The molecule has 2 unspecified atom stereocenters. The number of hydrogen-bond donors (Lipinski definition) is 3. The van der Waals surface area contributed by atoms with Gasteiger partial charge in [-0.05, 0) is 43.4 Å². The van der Waals surface area contributed by atoms with Gasteiger partial charge in [0, 0.05) is 30.3 Å². The molecule has 8 heteroatoms. The van der Waals surface area contributed by atoms with Gasteiger partial charge in [-0.3, -0.25) is 0 Å². The zero-order valence-corrected chi connectivity index (χ0v) is 17.9. The van der Waals surface area contributed by atoms with Crippen LogP contribution >= 0.6 is 0 Å². The highest BCUT2D eigenvalue weighted by Crippen LogP contribution is 2.42. The summed E-state index contributed by atoms with van der Waals surface area (Å²) in [5.41, 5.74) is 8.03. The summed E-state index contributed by atoms with van der Waals surface area (Å²) in [5, 5.41) is 13.9. The van der Waals surface area contributed by atoms with E-state index in [9.17, 15) is 5.11 Å². The number of guanidine groups is 1. The van der Waals surface area contributed by atoms with E-state index in [0.717, 1.165) is 42.8 Å². The first-order valence-electron chi connectivity index (χ1n) is 10.8. The zero-order valence-electron chi connectivity index (χ0n) is 17.9. The maximum Gasteiger partial charge on any atom is 0.219 e. The van der Waals surface area contributed by atoms with Crippen molar-refractivity contribution < 1.29 is 9.84 Å². The van der Waals surface area contributed by atoms with Crippen molar-refractivity contribution in [3.8, 4) is 11.8 Å². The second-order valence-electron chi connectivity index (χ2n) is 9.09. The SMILES string of the molecule is COC[C@@]1(C)CN(C2=NC(N)=NC3N=CNC23)c2cc(C#CC3(O)CCCC3)ccc21. The Labute approximate surface area is 182 Å². The molecule has 0 amide bonds. The largest absolute Gasteiger partial charge is 0.384 e. The number of rotatable bonds is 2. The number of aliphatic hydroxyl groups is 1. The molecular weight excluding hydrogens is 392 g/mol. The number of nitrogens with two attached hydrogens (primary N) is 1. The summed E-state index contributed by atoms with van der Waals surface area (Å²) in [6, 6.07) is 6.07. The highest BCUT2D eigenvalue weighted by Gasteiger charge is 2.45. The van der Waals surface area contributed by atoms with Gasteiger partial charge in [-0.15, -0.1) is 0 Å². The van der Waals surface area contributed by atoms with Gasteiger partial charge in [-0.25, -0.2) is 9.98 Å². The monoisotopic (exact) mass is 420 g/mol. The lowest BCUT2D eigenvalue weighted by molar-refractivity contribution is 0.110. The van der Waals surface area contributed by atoms with E-state index in [4.69, 9.17) is 10.5 Å². The Morgan fingerprint density at radius 1 is 1.35 bits per heavy atom. The second-order valence-corrected chi connectivity index (χ2v) is 9.09. The van der Waals surface area contributed by atoms with Crippen molar-refractivity contribution in [1.82, 2.24) is 5.32 Å². The Morgan fingerprint density at radius 2 is 2.16 bits per heavy atom. The molecule has 0 radical (unpaired) electrons. The number of fused-ring (bicyclic) bond motifs is 2. The first kappa shape index (κ1) is 20.0. The van der Waals surface area contributed by atoms with Crippen LogP contribution in [0.5, 0.6) is 0 Å². The van der Waals surface area contributed by atoms with E-state index < -0.39 is 5.60 Å². The molecule has 31 heavy (non-hydrogen) atoms. The molecule has 3 aliphatic heterocycles. The van der Waals surface area contributed by atoms with Crippen LogP contribution in [0.1, 0.15) is 43.7 Å². The standard InChI is InChI=1S/C23H28N6O2/c1-22(13-31-2)12-29(20-18-19(26-14-25-18)27-21(24)28-20)17-11-15(5-6-16(17)22)7-10-23(30)8-3-4-9-23/h5-6,11,14,18-19,30H,3-4,8-9,12-13H2,1-2H3,(H2,24,27)(H,25,26)/t18?,19?,22-/m1/s1. The van der Waals surface area contributed by atoms with Crippen LogP contribution in [-0.2, 0) is 10.2 Å². The van der Waals surface area contributed by atoms with Crippen LogP contribution in [0.4, 0.5) is 5.69 Å². The van der Waals surface area contributed by atoms with E-state index in [2.05, 4.69) is 56.1 Å². The smallest absolute Gasteiger partial charge is 0.219 e. The number of ether oxygens (including phenoxy) is 1. The lowest BCUT2D eigenvalue weighted by Gasteiger charge is -2.31. The third-order valence-corrected chi connectivity index (χ3v) is 6.61. The van der Waals surface area contributed by atoms with Crippen LogP contribution < -0.4 is 16.0 Å². The Morgan fingerprint density at radius 3 is 2.94 bits per heavy atom. The summed E-state index contributed by atoms with van der Waals surface area (Å²) in [5.74, 6) is 7.35. The van der Waals surface area contributed by atoms with E-state index >= 15 is 0 Å². The molecule has 1 aromatic carbocycles. The summed E-state index contributed by atoms with van der Waals surface area (Å²) in [7, 11) is 1.72. The quantitative estimate of drug-likeness (QED) is 0.622. The van der Waals surface area contributed by atoms with Gasteiger partial charge in [-0.2, -0.15) is 4.99 Å². The van der Waals surface area contributed by atoms with E-state index in [1.165, 1.54) is 5.56 Å². The van der Waals surface area contributed by atoms with Gasteiger partial charge < -0.3 is 25.8 Å². The van der Waals surface area contributed by atoms with Crippen molar-refractivity contribution in [2.24, 2.45) is 20.7 Å². The average Bonchev–Trinajstić information content (AvgIpc) is 3.45. The van der Waals surface area contributed by atoms with Crippen molar-refractivity contribution in [3.63, 3.8) is 0 Å². The minimum absolute atomic E-state index is 0.154. The molecule has 1 saturated carbocycles. The Kier molecular flexibility index (Phi) is 4.76. The van der Waals surface area contributed by atoms with Crippen LogP contribution in [0.3, 0.4) is 0 Å². The molecule has 0 spiro atoms. The number of nitrogens with one attached hydrogen (secondary N) is 1. The fourth-order valence-electron chi connectivity index (χ4n) is 5.05. The molecule has 3 heterocycles. The normalized spacial score (nSPS) is 30.1. The minimum atomic E-state index is -0.861. The maximum absolute atomic E-state index is 10.6. The molecule has 1 aromatic rings. The molecule has 5 rings (SSSR count). The number of methoxy groups -OCH3 is 1. The molecule has 1 aliphatic carbocycles. The van der Waals surface area contributed by atoms with Crippen molar-refractivity contribution >= 4 is 23.8 Å². The molecule has 1 fully saturated rings. The highest BCUT2D eigenvalue weighted by atomic mass is 16.5. The van der Waals surface area contributed by atoms with Crippen LogP contribution in [0, 0.1) is 11.8 Å². The lowest BCUT2D eigenvalue weighted by Crippen LogP contribution is -2.52. The van der Waals surface area contributed by atoms with E-state index in [1.54, 1.807) is 13.4 Å². The number of amidine groups is 1. The predicted octanol–water partition coefficient (Wildman–Crippen LogP) is 1.12. The fourth-order valence-corrected chi connectivity index (χ4v) is 5.05. The third kappa shape index (κ3) is 3.48. The van der Waals surface area contributed by atoms with Gasteiger partial charge in [0.25, 0.3) is 0 Å². The van der Waals surface area contributed by atoms with Crippen LogP contribution in [0.2, 0.25) is 0 Å². The van der Waals surface area contributed by atoms with Crippen molar-refractivity contribution in [3.05, 3.63) is 29.3 Å². The van der Waals surface area contributed by atoms with E-state index in [1.807, 2.05) is 6.07 Å². The summed E-state index contributed by atoms with van der Waals surface area (Å²) in [6.45, 7) is 3.48. The fraction of sp³-hybridized carbons (Fsp3) is 0.522. The summed E-state index contributed by atoms with van der Waals surface area (Å²) in [4.78, 5) is 15.5. The predicted molar refractivity (Wildman–Crippen MR) is 122 cm³/mol. The van der Waals surface area contributed by atoms with Crippen LogP contribution in [-0.4, -0.2) is 61.3 Å². The maximum atomic E-state index is 10.6. The number of hydrogen-bond acceptors (Lipinski definition) is 8. The number of anilines is 1. The summed E-state index contributed by atoms with van der Waals surface area (Å²) >= 11 is 0. The Hall–Kier alpha value is -2.89. The first-order chi connectivity index (χ1) is 14.9. The Bertz CT molecular complexity index is 1050. The third-order valence-electron chi connectivity index (χ3n) is 6.61. The minimum Gasteiger partial charge on any atom is -0.384 e. The topological polar surface area (TPSA) is 108 Å². The van der Waals surface area contributed by atoms with Gasteiger partial charge in [0.05, 0.1) is 12.9 Å². The zero-order chi connectivity index (χ0) is 21.6. The highest BCUT2D eigenvalue weighted by molar-refractivity contribution is 6.11. The summed E-state index contributed by atoms with van der Waals surface area (Å²) < 4.78 is 5.57. The van der Waals surface area contributed by atoms with Gasteiger partial charge in [0.1, 0.15) is 17.5 Å². The average molecular weight is 421 g/mol. The van der Waals surface area contributed by atoms with E-state index in [0.29, 0.717) is 13.2 Å². The first-order valence-corrected chi connectivity index (χ1v) is 10.8. The van der Waals surface area contributed by atoms with Gasteiger partial charge in [0.2, 0.25) is 5.96 Å². The number of benzene rings is 1. The molecule has 4 aliphatic rings. The molecule has 162 valence electrons. The molecule has 0 aromatic heterocycles. The number of aliphatic imine (C=N–C) groups is 3. The molecular formula is C23H28N6O2. The van der Waals surface area contributed by atoms with Gasteiger partial charge >= 0.3 is 0 Å².